The summed E-state index contributed by atoms with van der Waals surface area (Å²) in [5.74, 6) is -0.831. The number of amides is 1. The quantitative estimate of drug-likeness (QED) is 0.857. The second-order valence-electron chi connectivity index (χ2n) is 4.86. The molecule has 1 aliphatic rings. The van der Waals surface area contributed by atoms with Crippen LogP contribution in [0.25, 0.3) is 0 Å². The third-order valence-electron chi connectivity index (χ3n) is 3.54. The number of benzene rings is 2. The molecule has 0 bridgehead atoms. The molecule has 0 saturated carbocycles. The van der Waals surface area contributed by atoms with Gasteiger partial charge in [-0.2, -0.15) is 0 Å². The Hall–Kier alpha value is -1.72. The number of hydrogen-bond acceptors (Lipinski definition) is 2. The molecule has 5 heteroatoms. The van der Waals surface area contributed by atoms with Gasteiger partial charge in [0.05, 0.1) is 10.0 Å². The first-order chi connectivity index (χ1) is 10.2. The van der Waals surface area contributed by atoms with Crippen LogP contribution in [-0.4, -0.2) is 19.0 Å². The number of rotatable bonds is 1. The van der Waals surface area contributed by atoms with Crippen LogP contribution in [0.1, 0.15) is 15.9 Å². The molecule has 1 amide bonds. The van der Waals surface area contributed by atoms with Gasteiger partial charge in [-0.1, -0.05) is 24.3 Å². The molecule has 0 aliphatic carbocycles. The van der Waals surface area contributed by atoms with Gasteiger partial charge in [0.1, 0.15) is 5.82 Å². The van der Waals surface area contributed by atoms with E-state index in [0.717, 1.165) is 11.3 Å². The maximum Gasteiger partial charge on any atom is 0.261 e. The van der Waals surface area contributed by atoms with E-state index < -0.39 is 5.82 Å². The van der Waals surface area contributed by atoms with Crippen molar-refractivity contribution in [1.29, 1.82) is 0 Å². The normalized spacial score (nSPS) is 14.5. The van der Waals surface area contributed by atoms with Crippen molar-refractivity contribution in [3.05, 3.63) is 63.9 Å². The first kappa shape index (κ1) is 14.2. The van der Waals surface area contributed by atoms with E-state index in [-0.39, 0.29) is 11.5 Å². The fraction of sp³-hybridized carbons (Fsp3) is 0.188. The monoisotopic (exact) mass is 348 g/mol. The molecule has 21 heavy (non-hydrogen) atoms. The summed E-state index contributed by atoms with van der Waals surface area (Å²) in [5.41, 5.74) is 1.96. The highest BCUT2D eigenvalue weighted by Gasteiger charge is 2.24. The number of halogens is 2. The molecule has 3 rings (SSSR count). The zero-order valence-electron chi connectivity index (χ0n) is 11.3. The van der Waals surface area contributed by atoms with Crippen molar-refractivity contribution in [2.45, 2.75) is 6.54 Å². The lowest BCUT2D eigenvalue weighted by Gasteiger charge is -2.23. The largest absolute Gasteiger partial charge is 0.311 e. The van der Waals surface area contributed by atoms with Crippen molar-refractivity contribution in [2.75, 3.05) is 18.0 Å². The molecule has 1 aliphatic heterocycles. The van der Waals surface area contributed by atoms with Crippen LogP contribution in [0.3, 0.4) is 0 Å². The lowest BCUT2D eigenvalue weighted by molar-refractivity contribution is 0.0983. The van der Waals surface area contributed by atoms with E-state index in [4.69, 9.17) is 0 Å². The average molecular weight is 349 g/mol. The van der Waals surface area contributed by atoms with Crippen LogP contribution >= 0.6 is 15.9 Å². The van der Waals surface area contributed by atoms with E-state index >= 15 is 0 Å². The number of para-hydroxylation sites is 1. The lowest BCUT2D eigenvalue weighted by atomic mass is 10.1. The fourth-order valence-corrected chi connectivity index (χ4v) is 2.85. The van der Waals surface area contributed by atoms with E-state index in [1.807, 2.05) is 24.3 Å². The number of nitrogens with one attached hydrogen (secondary N) is 1. The minimum absolute atomic E-state index is 0.0843. The van der Waals surface area contributed by atoms with Crippen molar-refractivity contribution < 1.29 is 9.18 Å². The first-order valence-electron chi connectivity index (χ1n) is 6.73. The Balaban J connectivity index is 2.03. The molecule has 0 aromatic heterocycles. The Morgan fingerprint density at radius 2 is 2.00 bits per heavy atom. The zero-order valence-corrected chi connectivity index (χ0v) is 12.9. The van der Waals surface area contributed by atoms with Crippen molar-refractivity contribution in [3.63, 3.8) is 0 Å². The van der Waals surface area contributed by atoms with Gasteiger partial charge >= 0.3 is 0 Å². The molecule has 1 heterocycles. The Bertz CT molecular complexity index is 690. The summed E-state index contributed by atoms with van der Waals surface area (Å²) >= 11 is 3.13. The highest BCUT2D eigenvalue weighted by Crippen LogP contribution is 2.26. The summed E-state index contributed by atoms with van der Waals surface area (Å²) in [5, 5.41) is 3.27. The zero-order chi connectivity index (χ0) is 14.8. The molecule has 108 valence electrons. The first-order valence-corrected chi connectivity index (χ1v) is 7.52. The number of anilines is 1. The van der Waals surface area contributed by atoms with Crippen LogP contribution in [0.4, 0.5) is 10.1 Å². The van der Waals surface area contributed by atoms with E-state index in [1.54, 1.807) is 17.0 Å². The third-order valence-corrected chi connectivity index (χ3v) is 4.15. The Labute approximate surface area is 130 Å². The van der Waals surface area contributed by atoms with E-state index in [2.05, 4.69) is 21.2 Å². The van der Waals surface area contributed by atoms with Gasteiger partial charge in [-0.15, -0.1) is 0 Å². The summed E-state index contributed by atoms with van der Waals surface area (Å²) in [7, 11) is 0. The molecule has 0 unspecified atom stereocenters. The van der Waals surface area contributed by atoms with Crippen molar-refractivity contribution in [2.24, 2.45) is 0 Å². The van der Waals surface area contributed by atoms with Gasteiger partial charge in [-0.05, 0) is 39.7 Å². The van der Waals surface area contributed by atoms with Gasteiger partial charge < -0.3 is 10.2 Å². The number of nitrogens with zero attached hydrogens (tertiary/aromatic N) is 1. The van der Waals surface area contributed by atoms with Crippen molar-refractivity contribution >= 4 is 27.5 Å². The van der Waals surface area contributed by atoms with Gasteiger partial charge in [0.15, 0.2) is 0 Å². The van der Waals surface area contributed by atoms with Crippen LogP contribution < -0.4 is 10.2 Å². The molecule has 2 aromatic rings. The minimum atomic E-state index is -0.516. The Kier molecular flexibility index (Phi) is 4.03. The van der Waals surface area contributed by atoms with Crippen LogP contribution in [0.15, 0.2) is 46.9 Å². The molecular formula is C16H14BrFN2O. The second-order valence-corrected chi connectivity index (χ2v) is 5.72. The number of fused-ring (bicyclic) bond motifs is 1. The smallest absolute Gasteiger partial charge is 0.261 e. The molecular weight excluding hydrogens is 335 g/mol. The molecule has 3 nitrogen and oxygen atoms in total. The number of carbonyl (C=O) groups excluding carboxylic acids is 1. The van der Waals surface area contributed by atoms with E-state index in [1.165, 1.54) is 6.07 Å². The van der Waals surface area contributed by atoms with Gasteiger partial charge in [0.2, 0.25) is 0 Å². The maximum atomic E-state index is 14.2. The SMILES string of the molecule is O=C(c1cccc(Br)c1F)N1CCNCc2ccccc21. The van der Waals surface area contributed by atoms with Crippen LogP contribution in [-0.2, 0) is 6.54 Å². The Morgan fingerprint density at radius 1 is 1.19 bits per heavy atom. The molecule has 0 fully saturated rings. The molecule has 0 spiro atoms. The molecule has 0 saturated heterocycles. The second kappa shape index (κ2) is 5.95. The summed E-state index contributed by atoms with van der Waals surface area (Å²) in [6.45, 7) is 1.90. The van der Waals surface area contributed by atoms with Crippen LogP contribution in [0.5, 0.6) is 0 Å². The highest BCUT2D eigenvalue weighted by molar-refractivity contribution is 9.10. The van der Waals surface area contributed by atoms with Gasteiger partial charge in [0.25, 0.3) is 5.91 Å². The van der Waals surface area contributed by atoms with Gasteiger partial charge in [0, 0.05) is 25.3 Å². The summed E-state index contributed by atoms with van der Waals surface area (Å²) in [4.78, 5) is 14.4. The topological polar surface area (TPSA) is 32.3 Å². The van der Waals surface area contributed by atoms with E-state index in [9.17, 15) is 9.18 Å². The highest BCUT2D eigenvalue weighted by atomic mass is 79.9. The summed E-state index contributed by atoms with van der Waals surface area (Å²) in [6, 6.07) is 12.5. The van der Waals surface area contributed by atoms with Crippen LogP contribution in [0, 0.1) is 5.82 Å². The van der Waals surface area contributed by atoms with E-state index in [0.29, 0.717) is 24.1 Å². The summed E-state index contributed by atoms with van der Waals surface area (Å²) < 4.78 is 14.5. The fourth-order valence-electron chi connectivity index (χ4n) is 2.48. The molecule has 0 atom stereocenters. The van der Waals surface area contributed by atoms with Gasteiger partial charge in [-0.3, -0.25) is 4.79 Å². The Morgan fingerprint density at radius 3 is 2.86 bits per heavy atom. The lowest BCUT2D eigenvalue weighted by Crippen LogP contribution is -2.35. The van der Waals surface area contributed by atoms with Crippen molar-refractivity contribution in [3.8, 4) is 0 Å². The maximum absolute atomic E-state index is 14.2. The predicted molar refractivity (Wildman–Crippen MR) is 83.9 cm³/mol. The van der Waals surface area contributed by atoms with Crippen molar-refractivity contribution in [1.82, 2.24) is 5.32 Å². The van der Waals surface area contributed by atoms with Gasteiger partial charge in [-0.25, -0.2) is 4.39 Å². The predicted octanol–water partition coefficient (Wildman–Crippen LogP) is 3.34. The third kappa shape index (κ3) is 2.71. The summed E-state index contributed by atoms with van der Waals surface area (Å²) in [6.07, 6.45) is 0. The number of hydrogen-bond donors (Lipinski definition) is 1. The number of carbonyl (C=O) groups is 1. The molecule has 0 radical (unpaired) electrons. The molecule has 2 aromatic carbocycles. The standard InChI is InChI=1S/C16H14BrFN2O/c17-13-6-3-5-12(15(13)18)16(21)20-9-8-19-10-11-4-1-2-7-14(11)20/h1-7,19H,8-10H2. The minimum Gasteiger partial charge on any atom is -0.311 e. The van der Waals surface area contributed by atoms with Crippen LogP contribution in [0.2, 0.25) is 0 Å². The average Bonchev–Trinajstić information content (AvgIpc) is 2.72. The molecule has 1 N–H and O–H groups in total.